The van der Waals surface area contributed by atoms with Crippen molar-refractivity contribution >= 4 is 5.91 Å². The van der Waals surface area contributed by atoms with Crippen LogP contribution in [0.2, 0.25) is 0 Å². The van der Waals surface area contributed by atoms with Gasteiger partial charge in [-0.25, -0.2) is 4.68 Å². The van der Waals surface area contributed by atoms with Crippen LogP contribution in [0.1, 0.15) is 65.8 Å². The van der Waals surface area contributed by atoms with Crippen LogP contribution in [0.25, 0.3) is 5.69 Å². The molecule has 0 spiro atoms. The Morgan fingerprint density at radius 1 is 0.906 bits per heavy atom. The average Bonchev–Trinajstić information content (AvgIpc) is 3.47. The molecule has 32 heavy (non-hydrogen) atoms. The maximum absolute atomic E-state index is 13.8. The van der Waals surface area contributed by atoms with Crippen LogP contribution in [0, 0.1) is 0 Å². The van der Waals surface area contributed by atoms with E-state index >= 15 is 0 Å². The van der Waals surface area contributed by atoms with E-state index in [1.54, 1.807) is 0 Å². The lowest BCUT2D eigenvalue weighted by atomic mass is 10.0. The number of likely N-dealkylation sites (tertiary alicyclic amines) is 1. The Bertz CT molecular complexity index is 1140. The minimum atomic E-state index is 0.0307. The van der Waals surface area contributed by atoms with Crippen LogP contribution in [0.3, 0.4) is 0 Å². The maximum Gasteiger partial charge on any atom is 0.273 e. The van der Waals surface area contributed by atoms with Gasteiger partial charge in [0.25, 0.3) is 5.91 Å². The summed E-state index contributed by atoms with van der Waals surface area (Å²) in [6.45, 7) is 2.08. The summed E-state index contributed by atoms with van der Waals surface area (Å²) in [6, 6.07) is 18.1. The average molecular weight is 430 g/mol. The topological polar surface area (TPSA) is 56.6 Å². The molecule has 1 amide bonds. The molecule has 164 valence electrons. The lowest BCUT2D eigenvalue weighted by Crippen LogP contribution is -2.32. The molecule has 1 atom stereocenters. The number of hydrogen-bond donors (Lipinski definition) is 0. The van der Waals surface area contributed by atoms with Crippen molar-refractivity contribution in [3.05, 3.63) is 71.5 Å². The van der Waals surface area contributed by atoms with Crippen molar-refractivity contribution in [2.24, 2.45) is 0 Å². The summed E-state index contributed by atoms with van der Waals surface area (Å²) >= 11 is 0. The van der Waals surface area contributed by atoms with Crippen molar-refractivity contribution in [2.75, 3.05) is 19.8 Å². The Kier molecular flexibility index (Phi) is 4.86. The molecule has 1 unspecified atom stereocenters. The molecule has 3 heterocycles. The number of nitrogens with zero attached hydrogens (tertiary/aromatic N) is 3. The minimum Gasteiger partial charge on any atom is -0.490 e. The quantitative estimate of drug-likeness (QED) is 0.593. The zero-order chi connectivity index (χ0) is 21.5. The smallest absolute Gasteiger partial charge is 0.273 e. The zero-order valence-electron chi connectivity index (χ0n) is 18.1. The molecule has 6 rings (SSSR count). The largest absolute Gasteiger partial charge is 0.490 e. The summed E-state index contributed by atoms with van der Waals surface area (Å²) in [4.78, 5) is 15.8. The van der Waals surface area contributed by atoms with Gasteiger partial charge in [0, 0.05) is 18.9 Å². The number of aromatic nitrogens is 2. The molecular weight excluding hydrogens is 402 g/mol. The molecule has 3 aromatic rings. The first-order valence-corrected chi connectivity index (χ1v) is 11.6. The van der Waals surface area contributed by atoms with Gasteiger partial charge in [-0.05, 0) is 61.6 Å². The number of carbonyl (C=O) groups is 1. The van der Waals surface area contributed by atoms with E-state index in [-0.39, 0.29) is 11.9 Å². The molecule has 1 saturated heterocycles. The highest BCUT2D eigenvalue weighted by Crippen LogP contribution is 2.41. The van der Waals surface area contributed by atoms with Crippen LogP contribution < -0.4 is 9.47 Å². The van der Waals surface area contributed by atoms with E-state index < -0.39 is 0 Å². The van der Waals surface area contributed by atoms with E-state index in [4.69, 9.17) is 14.6 Å². The van der Waals surface area contributed by atoms with E-state index in [2.05, 4.69) is 12.1 Å². The predicted octanol–water partition coefficient (Wildman–Crippen LogP) is 4.89. The summed E-state index contributed by atoms with van der Waals surface area (Å²) in [5.74, 6) is 2.11. The van der Waals surface area contributed by atoms with E-state index in [0.29, 0.717) is 24.8 Å². The van der Waals surface area contributed by atoms with Gasteiger partial charge in [0.2, 0.25) is 0 Å². The Hall–Kier alpha value is -3.28. The first-order chi connectivity index (χ1) is 15.8. The lowest BCUT2D eigenvalue weighted by Gasteiger charge is -2.26. The van der Waals surface area contributed by atoms with E-state index in [1.807, 2.05) is 52.0 Å². The summed E-state index contributed by atoms with van der Waals surface area (Å²) in [5, 5.41) is 4.83. The van der Waals surface area contributed by atoms with Gasteiger partial charge in [-0.3, -0.25) is 4.79 Å². The van der Waals surface area contributed by atoms with Gasteiger partial charge in [-0.15, -0.1) is 0 Å². The Labute approximate surface area is 187 Å². The third-order valence-corrected chi connectivity index (χ3v) is 6.61. The third-order valence-electron chi connectivity index (χ3n) is 6.61. The summed E-state index contributed by atoms with van der Waals surface area (Å²) in [5.41, 5.74) is 3.71. The highest BCUT2D eigenvalue weighted by molar-refractivity contribution is 5.94. The second-order valence-electron chi connectivity index (χ2n) is 8.89. The summed E-state index contributed by atoms with van der Waals surface area (Å²) < 4.78 is 13.5. The maximum atomic E-state index is 13.8. The van der Waals surface area contributed by atoms with Crippen LogP contribution in [0.15, 0.2) is 54.6 Å². The fourth-order valence-corrected chi connectivity index (χ4v) is 4.79. The van der Waals surface area contributed by atoms with Crippen molar-refractivity contribution in [1.82, 2.24) is 14.7 Å². The third kappa shape index (κ3) is 3.53. The van der Waals surface area contributed by atoms with Crippen molar-refractivity contribution in [1.29, 1.82) is 0 Å². The number of fused-ring (bicyclic) bond motifs is 1. The van der Waals surface area contributed by atoms with Gasteiger partial charge in [-0.1, -0.05) is 24.3 Å². The molecule has 1 aliphatic carbocycles. The second-order valence-corrected chi connectivity index (χ2v) is 8.89. The fraction of sp³-hybridized carbons (Fsp3) is 0.385. The van der Waals surface area contributed by atoms with Crippen molar-refractivity contribution < 1.29 is 14.3 Å². The van der Waals surface area contributed by atoms with Gasteiger partial charge in [0.1, 0.15) is 5.69 Å². The van der Waals surface area contributed by atoms with Crippen LogP contribution >= 0.6 is 0 Å². The highest BCUT2D eigenvalue weighted by Gasteiger charge is 2.35. The minimum absolute atomic E-state index is 0.0307. The Morgan fingerprint density at radius 3 is 2.53 bits per heavy atom. The normalized spacial score (nSPS) is 20.2. The number of hydrogen-bond acceptors (Lipinski definition) is 4. The number of amides is 1. The molecule has 6 heteroatoms. The van der Waals surface area contributed by atoms with Crippen LogP contribution in [-0.4, -0.2) is 40.3 Å². The van der Waals surface area contributed by atoms with E-state index in [1.165, 1.54) is 0 Å². The van der Waals surface area contributed by atoms with Crippen molar-refractivity contribution in [3.8, 4) is 17.2 Å². The fourth-order valence-electron chi connectivity index (χ4n) is 4.79. The van der Waals surface area contributed by atoms with Gasteiger partial charge < -0.3 is 14.4 Å². The lowest BCUT2D eigenvalue weighted by molar-refractivity contribution is 0.0726. The number of rotatable bonds is 4. The summed E-state index contributed by atoms with van der Waals surface area (Å²) in [7, 11) is 0. The van der Waals surface area contributed by atoms with E-state index in [9.17, 15) is 4.79 Å². The number of para-hydroxylation sites is 1. The molecular formula is C26H27N3O3. The molecule has 2 fully saturated rings. The predicted molar refractivity (Wildman–Crippen MR) is 121 cm³/mol. The van der Waals surface area contributed by atoms with E-state index in [0.717, 1.165) is 67.1 Å². The van der Waals surface area contributed by atoms with Crippen LogP contribution in [0.5, 0.6) is 11.5 Å². The SMILES string of the molecule is O=C(c1cc(C2CC2)nn1-c1ccccc1)N1CCCC1c1ccc2c(c1)OCCCO2. The monoisotopic (exact) mass is 429 g/mol. The van der Waals surface area contributed by atoms with Crippen LogP contribution in [0.4, 0.5) is 0 Å². The van der Waals surface area contributed by atoms with Gasteiger partial charge >= 0.3 is 0 Å². The molecule has 0 N–H and O–H groups in total. The zero-order valence-corrected chi connectivity index (χ0v) is 18.1. The molecule has 0 bridgehead atoms. The summed E-state index contributed by atoms with van der Waals surface area (Å²) in [6.07, 6.45) is 5.12. The van der Waals surface area contributed by atoms with Crippen molar-refractivity contribution in [3.63, 3.8) is 0 Å². The standard InChI is InChI=1S/C26H27N3O3/c30-26(23-17-21(18-9-10-18)27-29(23)20-6-2-1-3-7-20)28-13-4-8-22(28)19-11-12-24-25(16-19)32-15-5-14-31-24/h1-3,6-7,11-12,16-18,22H,4-5,8-10,13-15H2. The first-order valence-electron chi connectivity index (χ1n) is 11.6. The molecule has 2 aliphatic heterocycles. The van der Waals surface area contributed by atoms with Crippen LogP contribution in [-0.2, 0) is 0 Å². The molecule has 3 aliphatic rings. The second kappa shape index (κ2) is 8.01. The highest BCUT2D eigenvalue weighted by atomic mass is 16.5. The van der Waals surface area contributed by atoms with Gasteiger partial charge in [0.15, 0.2) is 11.5 Å². The number of ether oxygens (including phenoxy) is 2. The first kappa shape index (κ1) is 19.4. The molecule has 6 nitrogen and oxygen atoms in total. The molecule has 1 saturated carbocycles. The molecule has 1 aromatic heterocycles. The molecule has 2 aromatic carbocycles. The number of benzene rings is 2. The molecule has 0 radical (unpaired) electrons. The van der Waals surface area contributed by atoms with Gasteiger partial charge in [0.05, 0.1) is 30.6 Å². The Morgan fingerprint density at radius 2 is 1.72 bits per heavy atom. The Balaban J connectivity index is 1.34. The number of carbonyl (C=O) groups excluding carboxylic acids is 1. The van der Waals surface area contributed by atoms with Gasteiger partial charge in [-0.2, -0.15) is 5.10 Å². The van der Waals surface area contributed by atoms with Crippen molar-refractivity contribution in [2.45, 2.75) is 44.1 Å².